The van der Waals surface area contributed by atoms with Crippen LogP contribution < -0.4 is 10.5 Å². The van der Waals surface area contributed by atoms with Crippen LogP contribution in [0.5, 0.6) is 5.88 Å². The van der Waals surface area contributed by atoms with E-state index in [0.29, 0.717) is 17.1 Å². The first-order valence-electron chi connectivity index (χ1n) is 12.1. The van der Waals surface area contributed by atoms with Gasteiger partial charge in [0.2, 0.25) is 11.8 Å². The molecule has 0 radical (unpaired) electrons. The summed E-state index contributed by atoms with van der Waals surface area (Å²) in [5.41, 5.74) is 15.1. The Bertz CT molecular complexity index is 1860. The molecule has 0 saturated carbocycles. The maximum Gasteiger partial charge on any atom is 0.229 e. The number of fused-ring (bicyclic) bond motifs is 8. The molecule has 0 fully saturated rings. The van der Waals surface area contributed by atoms with Gasteiger partial charge in [0.15, 0.2) is 0 Å². The third kappa shape index (κ3) is 2.62. The van der Waals surface area contributed by atoms with E-state index in [2.05, 4.69) is 26.0 Å². The van der Waals surface area contributed by atoms with Crippen molar-refractivity contribution in [3.05, 3.63) is 112 Å². The largest absolute Gasteiger partial charge is 0.422 e. The molecule has 1 unspecified atom stereocenters. The Balaban J connectivity index is 1.66. The van der Waals surface area contributed by atoms with E-state index in [-0.39, 0.29) is 5.88 Å². The molecule has 3 heterocycles. The quantitative estimate of drug-likeness (QED) is 0.355. The van der Waals surface area contributed by atoms with Crippen molar-refractivity contribution < 1.29 is 4.74 Å². The lowest BCUT2D eigenvalue weighted by molar-refractivity contribution is 0.355. The van der Waals surface area contributed by atoms with Crippen LogP contribution in [-0.2, 0) is 5.41 Å². The number of aryl methyl sites for hydroxylation is 3. The molecule has 3 aromatic carbocycles. The number of ether oxygens (including phenoxy) is 1. The van der Waals surface area contributed by atoms with Crippen molar-refractivity contribution in [2.45, 2.75) is 26.2 Å². The smallest absolute Gasteiger partial charge is 0.229 e. The minimum Gasteiger partial charge on any atom is -0.422 e. The number of allylic oxidation sites excluding steroid dienone is 1. The molecule has 1 aliphatic carbocycles. The molecule has 7 rings (SSSR count). The fourth-order valence-corrected chi connectivity index (χ4v) is 5.79. The van der Waals surface area contributed by atoms with Crippen LogP contribution in [0.15, 0.2) is 78.2 Å². The topological polar surface area (TPSA) is 103 Å². The van der Waals surface area contributed by atoms with Crippen molar-refractivity contribution in [2.24, 2.45) is 5.73 Å². The Morgan fingerprint density at radius 1 is 0.919 bits per heavy atom. The zero-order valence-electron chi connectivity index (χ0n) is 20.6. The van der Waals surface area contributed by atoms with Gasteiger partial charge in [-0.3, -0.25) is 0 Å². The first-order valence-corrected chi connectivity index (χ1v) is 12.1. The van der Waals surface area contributed by atoms with E-state index < -0.39 is 5.41 Å². The fourth-order valence-electron chi connectivity index (χ4n) is 5.79. The third-order valence-electron chi connectivity index (χ3n) is 7.55. The number of nitrogens with zero attached hydrogens (tertiary/aromatic N) is 5. The van der Waals surface area contributed by atoms with Crippen LogP contribution >= 0.6 is 0 Å². The predicted molar refractivity (Wildman–Crippen MR) is 140 cm³/mol. The molecule has 5 aromatic rings. The van der Waals surface area contributed by atoms with Gasteiger partial charge in [-0.2, -0.15) is 10.4 Å². The van der Waals surface area contributed by atoms with E-state index in [1.54, 1.807) is 4.68 Å². The highest BCUT2D eigenvalue weighted by atomic mass is 16.5. The first-order chi connectivity index (χ1) is 17.9. The summed E-state index contributed by atoms with van der Waals surface area (Å²) in [4.78, 5) is 10.3. The van der Waals surface area contributed by atoms with Gasteiger partial charge in [-0.1, -0.05) is 42.5 Å². The van der Waals surface area contributed by atoms with Gasteiger partial charge in [-0.15, -0.1) is 0 Å². The van der Waals surface area contributed by atoms with Crippen LogP contribution in [0.4, 0.5) is 0 Å². The number of hydrogen-bond acceptors (Lipinski definition) is 6. The molecule has 1 atom stereocenters. The van der Waals surface area contributed by atoms with Crippen LogP contribution in [0.1, 0.15) is 33.6 Å². The Hall–Kier alpha value is -4.96. The van der Waals surface area contributed by atoms with Gasteiger partial charge in [-0.05, 0) is 61.7 Å². The minimum atomic E-state index is -1.10. The molecular weight excluding hydrogens is 460 g/mol. The van der Waals surface area contributed by atoms with Crippen LogP contribution in [0.3, 0.4) is 0 Å². The average Bonchev–Trinajstić information content (AvgIpc) is 3.37. The lowest BCUT2D eigenvalue weighted by Crippen LogP contribution is -2.37. The van der Waals surface area contributed by atoms with Gasteiger partial charge < -0.3 is 10.5 Å². The van der Waals surface area contributed by atoms with Gasteiger partial charge >= 0.3 is 0 Å². The zero-order chi connectivity index (χ0) is 25.5. The summed E-state index contributed by atoms with van der Waals surface area (Å²) < 4.78 is 7.91. The van der Waals surface area contributed by atoms with Crippen LogP contribution in [0.25, 0.3) is 28.0 Å². The predicted octanol–water partition coefficient (Wildman–Crippen LogP) is 5.14. The molecule has 2 aliphatic rings. The molecule has 7 nitrogen and oxygen atoms in total. The molecular formula is C30H22N6O. The number of hydrogen-bond donors (Lipinski definition) is 1. The molecule has 37 heavy (non-hydrogen) atoms. The summed E-state index contributed by atoms with van der Waals surface area (Å²) >= 11 is 0. The summed E-state index contributed by atoms with van der Waals surface area (Å²) in [7, 11) is 0. The number of rotatable bonds is 1. The highest BCUT2D eigenvalue weighted by molar-refractivity contribution is 5.89. The van der Waals surface area contributed by atoms with Crippen molar-refractivity contribution in [2.75, 3.05) is 0 Å². The average molecular weight is 483 g/mol. The molecule has 1 aliphatic heterocycles. The lowest BCUT2D eigenvalue weighted by atomic mass is 9.68. The number of nitriles is 1. The monoisotopic (exact) mass is 482 g/mol. The molecule has 0 amide bonds. The Labute approximate surface area is 213 Å². The third-order valence-corrected chi connectivity index (χ3v) is 7.55. The van der Waals surface area contributed by atoms with E-state index >= 15 is 0 Å². The standard InChI is InChI=1S/C30H22N6O/c1-16-13-23-24(14-17(16)2)34-27-26(33-23)20-11-7-8-12-21(20)30(27)22(15-31)28(32)37-29-25(30)18(3)35-36(29)19-9-5-4-6-10-19/h4-14H,32H2,1-3H3. The van der Waals surface area contributed by atoms with E-state index in [0.717, 1.165) is 55.9 Å². The number of benzene rings is 3. The highest BCUT2D eigenvalue weighted by Gasteiger charge is 2.57. The van der Waals surface area contributed by atoms with Crippen molar-refractivity contribution >= 4 is 11.0 Å². The van der Waals surface area contributed by atoms with Crippen LogP contribution in [0, 0.1) is 32.1 Å². The summed E-state index contributed by atoms with van der Waals surface area (Å²) in [6, 6.07) is 24.2. The van der Waals surface area contributed by atoms with Crippen LogP contribution in [-0.4, -0.2) is 19.7 Å². The lowest BCUT2D eigenvalue weighted by Gasteiger charge is -2.34. The number of para-hydroxylation sites is 1. The van der Waals surface area contributed by atoms with Crippen molar-refractivity contribution in [3.8, 4) is 28.9 Å². The molecule has 2 N–H and O–H groups in total. The van der Waals surface area contributed by atoms with E-state index in [4.69, 9.17) is 25.5 Å². The van der Waals surface area contributed by atoms with Gasteiger partial charge in [0.1, 0.15) is 17.1 Å². The summed E-state index contributed by atoms with van der Waals surface area (Å²) in [5, 5.41) is 15.4. The second-order valence-electron chi connectivity index (χ2n) is 9.61. The molecule has 2 aromatic heterocycles. The molecule has 0 saturated heterocycles. The molecule has 0 bridgehead atoms. The van der Waals surface area contributed by atoms with Crippen molar-refractivity contribution in [3.63, 3.8) is 0 Å². The molecule has 178 valence electrons. The summed E-state index contributed by atoms with van der Waals surface area (Å²) in [6.45, 7) is 6.07. The van der Waals surface area contributed by atoms with Gasteiger partial charge in [0.05, 0.1) is 39.4 Å². The first kappa shape index (κ1) is 21.3. The van der Waals surface area contributed by atoms with Gasteiger partial charge in [-0.25, -0.2) is 14.6 Å². The highest BCUT2D eigenvalue weighted by Crippen LogP contribution is 2.60. The van der Waals surface area contributed by atoms with Gasteiger partial charge in [0.25, 0.3) is 0 Å². The van der Waals surface area contributed by atoms with E-state index in [9.17, 15) is 5.26 Å². The second kappa shape index (κ2) is 7.28. The SMILES string of the molecule is Cc1cc2nc3c(nc2cc1C)C1(C(C#N)=C(N)Oc2c1c(C)nn2-c1ccccc1)c1ccccc1-3. The fraction of sp³-hybridized carbons (Fsp3) is 0.133. The maximum absolute atomic E-state index is 10.5. The Kier molecular flexibility index (Phi) is 4.20. The Morgan fingerprint density at radius 2 is 1.59 bits per heavy atom. The number of aromatic nitrogens is 4. The van der Waals surface area contributed by atoms with E-state index in [1.807, 2.05) is 67.6 Å². The minimum absolute atomic E-state index is 0.0386. The van der Waals surface area contributed by atoms with Crippen LogP contribution in [0.2, 0.25) is 0 Å². The second-order valence-corrected chi connectivity index (χ2v) is 9.61. The Morgan fingerprint density at radius 3 is 2.32 bits per heavy atom. The van der Waals surface area contributed by atoms with Crippen molar-refractivity contribution in [1.82, 2.24) is 19.7 Å². The normalized spacial score (nSPS) is 17.4. The summed E-state index contributed by atoms with van der Waals surface area (Å²) in [5.74, 6) is 0.515. The number of nitrogens with two attached hydrogens (primary N) is 1. The van der Waals surface area contributed by atoms with Gasteiger partial charge in [0, 0.05) is 5.56 Å². The summed E-state index contributed by atoms with van der Waals surface area (Å²) in [6.07, 6.45) is 0. The zero-order valence-corrected chi connectivity index (χ0v) is 20.6. The molecule has 1 spiro atoms. The molecule has 7 heteroatoms. The maximum atomic E-state index is 10.5. The van der Waals surface area contributed by atoms with Crippen molar-refractivity contribution in [1.29, 1.82) is 5.26 Å². The van der Waals surface area contributed by atoms with E-state index in [1.165, 1.54) is 0 Å².